The molecule has 3 nitrogen and oxygen atoms in total. The van der Waals surface area contributed by atoms with Gasteiger partial charge in [-0.3, -0.25) is 15.5 Å². The molecule has 0 aromatic carbocycles. The predicted molar refractivity (Wildman–Crippen MR) is 47.5 cm³/mol. The van der Waals surface area contributed by atoms with Crippen LogP contribution in [0.25, 0.3) is 0 Å². The molecular weight excluding hydrogens is 162 g/mol. The van der Waals surface area contributed by atoms with Gasteiger partial charge in [0.05, 0.1) is 8.22 Å². The van der Waals surface area contributed by atoms with Crippen molar-refractivity contribution in [2.75, 3.05) is 14.1 Å². The highest BCUT2D eigenvalue weighted by molar-refractivity contribution is 6.20. The van der Waals surface area contributed by atoms with Gasteiger partial charge in [0.2, 0.25) is 0 Å². The summed E-state index contributed by atoms with van der Waals surface area (Å²) in [5, 5.41) is 0.920. The van der Waals surface area contributed by atoms with Crippen LogP contribution in [0.15, 0.2) is 0 Å². The van der Waals surface area contributed by atoms with Crippen LogP contribution < -0.4 is 10.6 Å². The van der Waals surface area contributed by atoms with E-state index in [9.17, 15) is 0 Å². The lowest BCUT2D eigenvalue weighted by Crippen LogP contribution is -2.61. The number of alkyl halides is 1. The molecule has 1 aliphatic heterocycles. The quantitative estimate of drug-likeness (QED) is 0.455. The summed E-state index contributed by atoms with van der Waals surface area (Å²) < 4.78 is 46.8. The van der Waals surface area contributed by atoms with Crippen LogP contribution in [0.4, 0.5) is 0 Å². The molecule has 1 aliphatic rings. The molecule has 0 aromatic heterocycles. The maximum absolute atomic E-state index is 8.08. The molecular formula is C7H16ClN3. The summed E-state index contributed by atoms with van der Waals surface area (Å²) in [6.07, 6.45) is -4.34. The van der Waals surface area contributed by atoms with Gasteiger partial charge in [0.15, 0.2) is 0 Å². The predicted octanol–water partition coefficient (Wildman–Crippen LogP) is 0.368. The Kier molecular flexibility index (Phi) is 1.32. The first-order valence-electron chi connectivity index (χ1n) is 6.25. The third-order valence-electron chi connectivity index (χ3n) is 1.24. The molecule has 1 fully saturated rings. The van der Waals surface area contributed by atoms with Crippen molar-refractivity contribution in [1.82, 2.24) is 15.5 Å². The molecule has 3 atom stereocenters. The van der Waals surface area contributed by atoms with Gasteiger partial charge in [-0.15, -0.1) is 11.6 Å². The highest BCUT2D eigenvalue weighted by Crippen LogP contribution is 2.09. The number of halogens is 1. The minimum atomic E-state index is -2.43. The third kappa shape index (κ3) is 2.60. The number of hydrogen-bond donors (Lipinski definition) is 2. The van der Waals surface area contributed by atoms with Crippen molar-refractivity contribution in [3.63, 3.8) is 0 Å². The van der Waals surface area contributed by atoms with Crippen LogP contribution in [0.3, 0.4) is 0 Å². The summed E-state index contributed by atoms with van der Waals surface area (Å²) in [5.41, 5.74) is -2.43. The first kappa shape index (κ1) is 3.92. The molecule has 4 heteroatoms. The minimum Gasteiger partial charge on any atom is -0.287 e. The molecule has 2 N–H and O–H groups in total. The smallest absolute Gasteiger partial charge is 0.127 e. The van der Waals surface area contributed by atoms with Crippen LogP contribution >= 0.6 is 11.6 Å². The molecule has 0 aliphatic carbocycles. The Labute approximate surface area is 81.6 Å². The molecule has 66 valence electrons. The van der Waals surface area contributed by atoms with E-state index in [1.807, 2.05) is 0 Å². The van der Waals surface area contributed by atoms with E-state index in [1.54, 1.807) is 0 Å². The van der Waals surface area contributed by atoms with E-state index >= 15 is 0 Å². The lowest BCUT2D eigenvalue weighted by atomic mass is 10.2. The second kappa shape index (κ2) is 3.72. The molecule has 1 saturated heterocycles. The van der Waals surface area contributed by atoms with E-state index in [1.165, 1.54) is 25.9 Å². The molecule has 0 radical (unpaired) electrons. The second-order valence-electron chi connectivity index (χ2n) is 2.55. The van der Waals surface area contributed by atoms with Crippen molar-refractivity contribution >= 4 is 11.6 Å². The Morgan fingerprint density at radius 3 is 2.91 bits per heavy atom. The molecule has 1 rings (SSSR count). The molecule has 0 saturated carbocycles. The average molecular weight is 184 g/mol. The van der Waals surface area contributed by atoms with Crippen molar-refractivity contribution in [1.29, 1.82) is 0 Å². The lowest BCUT2D eigenvalue weighted by Gasteiger charge is -2.36. The zero-order valence-corrected chi connectivity index (χ0v) is 7.55. The second-order valence-corrected chi connectivity index (χ2v) is 2.90. The summed E-state index contributed by atoms with van der Waals surface area (Å²) in [6, 6.07) is -1.10. The molecule has 1 heterocycles. The number of nitrogens with one attached hydrogen (secondary N) is 2. The Morgan fingerprint density at radius 1 is 1.73 bits per heavy atom. The Balaban J connectivity index is 3.34. The summed E-state index contributed by atoms with van der Waals surface area (Å²) >= 11 is 5.78. The first-order chi connectivity index (χ1) is 7.41. The van der Waals surface area contributed by atoms with Gasteiger partial charge < -0.3 is 0 Å². The van der Waals surface area contributed by atoms with Gasteiger partial charge >= 0.3 is 0 Å². The van der Waals surface area contributed by atoms with E-state index in [2.05, 4.69) is 0 Å². The monoisotopic (exact) mass is 183 g/mol. The van der Waals surface area contributed by atoms with Crippen LogP contribution in [-0.4, -0.2) is 36.8 Å². The summed E-state index contributed by atoms with van der Waals surface area (Å²) in [5.74, 6) is 0. The fourth-order valence-electron chi connectivity index (χ4n) is 0.742. The van der Waals surface area contributed by atoms with Crippen molar-refractivity contribution in [3.8, 4) is 0 Å². The molecule has 0 bridgehead atoms. The van der Waals surface area contributed by atoms with Crippen molar-refractivity contribution in [2.24, 2.45) is 0 Å². The molecule has 0 amide bonds. The van der Waals surface area contributed by atoms with Crippen molar-refractivity contribution in [3.05, 3.63) is 0 Å². The highest BCUT2D eigenvalue weighted by Gasteiger charge is 2.24. The number of rotatable bonds is 1. The lowest BCUT2D eigenvalue weighted by molar-refractivity contribution is 0.147. The van der Waals surface area contributed by atoms with Gasteiger partial charge in [-0.2, -0.15) is 0 Å². The van der Waals surface area contributed by atoms with Gasteiger partial charge in [-0.05, 0) is 27.4 Å². The van der Waals surface area contributed by atoms with E-state index in [4.69, 9.17) is 19.9 Å². The molecule has 0 aromatic rings. The van der Waals surface area contributed by atoms with E-state index in [0.29, 0.717) is 5.31 Å². The summed E-state index contributed by atoms with van der Waals surface area (Å²) in [6.45, 7) is 1.37. The van der Waals surface area contributed by atoms with E-state index in [0.717, 1.165) is 0 Å². The fraction of sp³-hybridized carbons (Fsp3) is 1.00. The van der Waals surface area contributed by atoms with Crippen LogP contribution in [-0.2, 0) is 0 Å². The Bertz CT molecular complexity index is 314. The molecule has 0 spiro atoms. The van der Waals surface area contributed by atoms with Gasteiger partial charge in [0.1, 0.15) is 9.09 Å². The van der Waals surface area contributed by atoms with Crippen LogP contribution in [0.5, 0.6) is 0 Å². The molecule has 3 unspecified atom stereocenters. The summed E-state index contributed by atoms with van der Waals surface area (Å²) in [7, 11) is 2.94. The zero-order valence-electron chi connectivity index (χ0n) is 12.8. The zero-order chi connectivity index (χ0) is 13.8. The Hall–Kier alpha value is 0.170. The first-order valence-corrected chi connectivity index (χ1v) is 3.73. The maximum atomic E-state index is 8.08. The normalized spacial score (nSPS) is 69.0. The van der Waals surface area contributed by atoms with E-state index < -0.39 is 24.2 Å². The van der Waals surface area contributed by atoms with Crippen LogP contribution in [0.1, 0.15) is 18.8 Å². The van der Waals surface area contributed by atoms with Gasteiger partial charge in [-0.1, -0.05) is 0 Å². The summed E-state index contributed by atoms with van der Waals surface area (Å²) in [4.78, 5) is 1.23. The SMILES string of the molecule is [2H]N1C(C)C([2H])([2H])C([2H])(Cl)N([2H])C1([2H])N(C)C. The highest BCUT2D eigenvalue weighted by atomic mass is 35.5. The van der Waals surface area contributed by atoms with Gasteiger partial charge in [-0.25, -0.2) is 0 Å². The van der Waals surface area contributed by atoms with Gasteiger partial charge in [0, 0.05) is 8.78 Å². The minimum absolute atomic E-state index is 0.286. The standard InChI is InChI=1S/C7H16ClN3/c1-5-4-6(8)10-7(9-5)11(2)3/h5-7,9-10H,4H2,1-3H3/i4D2,6D,7D/hD2. The number of nitrogens with zero attached hydrogens (tertiary/aromatic N) is 1. The van der Waals surface area contributed by atoms with Gasteiger partial charge in [0.25, 0.3) is 0 Å². The van der Waals surface area contributed by atoms with Crippen molar-refractivity contribution < 1.29 is 8.31 Å². The van der Waals surface area contributed by atoms with Crippen LogP contribution in [0.2, 0.25) is 2.82 Å². The fourth-order valence-corrected chi connectivity index (χ4v) is 0.976. The maximum Gasteiger partial charge on any atom is 0.127 e. The topological polar surface area (TPSA) is 27.3 Å². The largest absolute Gasteiger partial charge is 0.287 e. The van der Waals surface area contributed by atoms with Crippen molar-refractivity contribution in [2.45, 2.75) is 31.1 Å². The third-order valence-corrected chi connectivity index (χ3v) is 1.43. The average Bonchev–Trinajstić information content (AvgIpc) is 2.22. The van der Waals surface area contributed by atoms with E-state index in [-0.39, 0.29) is 5.31 Å². The van der Waals surface area contributed by atoms with Crippen LogP contribution in [0, 0.1) is 0 Å². The Morgan fingerprint density at radius 2 is 2.36 bits per heavy atom. The molecule has 11 heavy (non-hydrogen) atoms. The number of hydrogen-bond acceptors (Lipinski definition) is 3.